The van der Waals surface area contributed by atoms with Crippen molar-refractivity contribution < 1.29 is 14.6 Å². The summed E-state index contributed by atoms with van der Waals surface area (Å²) >= 11 is 0. The molecule has 1 aromatic carbocycles. The molecule has 0 aliphatic rings. The molecule has 1 N–H and O–H groups in total. The fourth-order valence-electron chi connectivity index (χ4n) is 2.79. The zero-order valence-corrected chi connectivity index (χ0v) is 13.7. The molecular weight excluding hydrogens is 266 g/mol. The predicted octanol–water partition coefficient (Wildman–Crippen LogP) is 3.02. The molecule has 0 aliphatic carbocycles. The molecule has 1 rings (SSSR count). The Bertz CT molecular complexity index is 471. The Kier molecular flexibility index (Phi) is 6.21. The van der Waals surface area contributed by atoms with E-state index in [-0.39, 0.29) is 17.8 Å². The molecule has 0 amide bonds. The van der Waals surface area contributed by atoms with Crippen molar-refractivity contribution in [2.75, 3.05) is 27.7 Å². The summed E-state index contributed by atoms with van der Waals surface area (Å²) in [6.45, 7) is 5.04. The van der Waals surface area contributed by atoms with E-state index in [0.717, 1.165) is 24.3 Å². The van der Waals surface area contributed by atoms with Crippen LogP contribution in [-0.4, -0.2) is 43.7 Å². The van der Waals surface area contributed by atoms with Gasteiger partial charge in [-0.1, -0.05) is 26.0 Å². The summed E-state index contributed by atoms with van der Waals surface area (Å²) in [6.07, 6.45) is 0.933. The number of aliphatic carboxylic acids is 1. The Morgan fingerprint density at radius 1 is 1.38 bits per heavy atom. The van der Waals surface area contributed by atoms with Crippen molar-refractivity contribution >= 4 is 5.97 Å². The summed E-state index contributed by atoms with van der Waals surface area (Å²) in [7, 11) is 5.65. The normalized spacial score (nSPS) is 14.2. The minimum atomic E-state index is -0.759. The first-order valence-corrected chi connectivity index (χ1v) is 7.33. The molecule has 1 aromatic rings. The third-order valence-corrected chi connectivity index (χ3v) is 4.22. The number of rotatable bonds is 8. The van der Waals surface area contributed by atoms with Crippen LogP contribution in [0.2, 0.25) is 0 Å². The van der Waals surface area contributed by atoms with E-state index in [9.17, 15) is 9.90 Å². The van der Waals surface area contributed by atoms with Gasteiger partial charge in [0.15, 0.2) is 0 Å². The van der Waals surface area contributed by atoms with Crippen LogP contribution in [0.25, 0.3) is 0 Å². The van der Waals surface area contributed by atoms with Crippen molar-refractivity contribution in [1.82, 2.24) is 4.90 Å². The third-order valence-electron chi connectivity index (χ3n) is 4.22. The lowest BCUT2D eigenvalue weighted by atomic mass is 9.67. The highest BCUT2D eigenvalue weighted by Crippen LogP contribution is 2.40. The molecule has 1 atom stereocenters. The second-order valence-electron chi connectivity index (χ2n) is 6.17. The van der Waals surface area contributed by atoms with Crippen molar-refractivity contribution in [3.05, 3.63) is 29.8 Å². The summed E-state index contributed by atoms with van der Waals surface area (Å²) in [4.78, 5) is 13.5. The maximum atomic E-state index is 11.4. The average molecular weight is 293 g/mol. The number of ether oxygens (including phenoxy) is 1. The number of carboxylic acids is 1. The van der Waals surface area contributed by atoms with Crippen LogP contribution in [-0.2, 0) is 10.2 Å². The van der Waals surface area contributed by atoms with E-state index in [1.807, 2.05) is 38.4 Å². The van der Waals surface area contributed by atoms with Crippen molar-refractivity contribution in [3.8, 4) is 5.75 Å². The van der Waals surface area contributed by atoms with E-state index in [0.29, 0.717) is 0 Å². The summed E-state index contributed by atoms with van der Waals surface area (Å²) in [5.41, 5.74) is 0.658. The molecule has 0 aromatic heterocycles. The molecule has 0 fully saturated rings. The van der Waals surface area contributed by atoms with Gasteiger partial charge in [-0.25, -0.2) is 0 Å². The minimum absolute atomic E-state index is 0.131. The zero-order valence-electron chi connectivity index (χ0n) is 13.7. The van der Waals surface area contributed by atoms with Crippen LogP contribution in [0.15, 0.2) is 24.3 Å². The lowest BCUT2D eigenvalue weighted by Gasteiger charge is -2.38. The highest BCUT2D eigenvalue weighted by atomic mass is 16.5. The van der Waals surface area contributed by atoms with Crippen LogP contribution in [0.4, 0.5) is 0 Å². The van der Waals surface area contributed by atoms with Gasteiger partial charge in [0, 0.05) is 5.41 Å². The van der Waals surface area contributed by atoms with Gasteiger partial charge in [-0.2, -0.15) is 0 Å². The fraction of sp³-hybridized carbons (Fsp3) is 0.588. The standard InChI is InChI=1S/C17H27NO3/c1-13(2)17(12-16(19)20,9-10-18(3)4)14-7-6-8-15(11-14)21-5/h6-8,11,13H,9-10,12H2,1-5H3,(H,19,20). The lowest BCUT2D eigenvalue weighted by molar-refractivity contribution is -0.139. The molecule has 1 unspecified atom stereocenters. The van der Waals surface area contributed by atoms with Crippen molar-refractivity contribution in [3.63, 3.8) is 0 Å². The second-order valence-corrected chi connectivity index (χ2v) is 6.17. The Morgan fingerprint density at radius 2 is 2.05 bits per heavy atom. The predicted molar refractivity (Wildman–Crippen MR) is 84.9 cm³/mol. The topological polar surface area (TPSA) is 49.8 Å². The number of carbonyl (C=O) groups is 1. The van der Waals surface area contributed by atoms with Gasteiger partial charge in [-0.15, -0.1) is 0 Å². The summed E-state index contributed by atoms with van der Waals surface area (Å²) in [5.74, 6) is 0.235. The molecule has 0 bridgehead atoms. The van der Waals surface area contributed by atoms with E-state index >= 15 is 0 Å². The minimum Gasteiger partial charge on any atom is -0.497 e. The average Bonchev–Trinajstić information content (AvgIpc) is 2.42. The molecule has 0 spiro atoms. The monoisotopic (exact) mass is 293 g/mol. The lowest BCUT2D eigenvalue weighted by Crippen LogP contribution is -2.38. The van der Waals surface area contributed by atoms with Crippen LogP contribution in [0.3, 0.4) is 0 Å². The van der Waals surface area contributed by atoms with Gasteiger partial charge >= 0.3 is 5.97 Å². The SMILES string of the molecule is COc1cccc(C(CCN(C)C)(CC(=O)O)C(C)C)c1. The van der Waals surface area contributed by atoms with Gasteiger partial charge in [0.1, 0.15) is 5.75 Å². The first-order valence-electron chi connectivity index (χ1n) is 7.33. The smallest absolute Gasteiger partial charge is 0.304 e. The van der Waals surface area contributed by atoms with Crippen molar-refractivity contribution in [1.29, 1.82) is 0 Å². The molecule has 0 radical (unpaired) electrons. The van der Waals surface area contributed by atoms with E-state index in [1.54, 1.807) is 7.11 Å². The fourth-order valence-corrected chi connectivity index (χ4v) is 2.79. The quantitative estimate of drug-likeness (QED) is 0.800. The Hall–Kier alpha value is -1.55. The zero-order chi connectivity index (χ0) is 16.0. The molecule has 4 heteroatoms. The molecule has 0 saturated heterocycles. The van der Waals surface area contributed by atoms with Gasteiger partial charge < -0.3 is 14.7 Å². The molecule has 4 nitrogen and oxygen atoms in total. The van der Waals surface area contributed by atoms with Crippen LogP contribution >= 0.6 is 0 Å². The summed E-state index contributed by atoms with van der Waals surface area (Å²) < 4.78 is 5.30. The summed E-state index contributed by atoms with van der Waals surface area (Å²) in [5, 5.41) is 9.41. The van der Waals surface area contributed by atoms with Crippen molar-refractivity contribution in [2.24, 2.45) is 5.92 Å². The first kappa shape index (κ1) is 17.5. The molecule has 21 heavy (non-hydrogen) atoms. The Balaban J connectivity index is 3.27. The number of hydrogen-bond acceptors (Lipinski definition) is 3. The van der Waals surface area contributed by atoms with Crippen LogP contribution in [0, 0.1) is 5.92 Å². The van der Waals surface area contributed by atoms with E-state index in [2.05, 4.69) is 18.7 Å². The molecule has 0 saturated carbocycles. The Labute approximate surface area is 127 Å². The molecule has 118 valence electrons. The Morgan fingerprint density at radius 3 is 2.52 bits per heavy atom. The molecular formula is C17H27NO3. The van der Waals surface area contributed by atoms with Gasteiger partial charge in [0.2, 0.25) is 0 Å². The molecule has 0 heterocycles. The second kappa shape index (κ2) is 7.46. The first-order chi connectivity index (χ1) is 9.81. The number of hydrogen-bond donors (Lipinski definition) is 1. The third kappa shape index (κ3) is 4.46. The number of methoxy groups -OCH3 is 1. The summed E-state index contributed by atoms with van der Waals surface area (Å²) in [6, 6.07) is 7.81. The van der Waals surface area contributed by atoms with Gasteiger partial charge in [0.25, 0.3) is 0 Å². The van der Waals surface area contributed by atoms with Crippen LogP contribution in [0.1, 0.15) is 32.3 Å². The van der Waals surface area contributed by atoms with Gasteiger partial charge in [-0.05, 0) is 50.7 Å². The van der Waals surface area contributed by atoms with E-state index in [4.69, 9.17) is 4.74 Å². The van der Waals surface area contributed by atoms with Gasteiger partial charge in [-0.3, -0.25) is 4.79 Å². The van der Waals surface area contributed by atoms with Crippen LogP contribution in [0.5, 0.6) is 5.75 Å². The highest BCUT2D eigenvalue weighted by Gasteiger charge is 2.38. The largest absolute Gasteiger partial charge is 0.497 e. The maximum absolute atomic E-state index is 11.4. The van der Waals surface area contributed by atoms with Crippen LogP contribution < -0.4 is 4.74 Å². The van der Waals surface area contributed by atoms with E-state index < -0.39 is 5.97 Å². The number of nitrogens with zero attached hydrogens (tertiary/aromatic N) is 1. The molecule has 0 aliphatic heterocycles. The van der Waals surface area contributed by atoms with Gasteiger partial charge in [0.05, 0.1) is 13.5 Å². The van der Waals surface area contributed by atoms with E-state index in [1.165, 1.54) is 0 Å². The number of carboxylic acid groups (broad SMARTS) is 1. The maximum Gasteiger partial charge on any atom is 0.304 e. The van der Waals surface area contributed by atoms with Crippen molar-refractivity contribution in [2.45, 2.75) is 32.1 Å². The number of benzene rings is 1. The highest BCUT2D eigenvalue weighted by molar-refractivity contribution is 5.69.